The van der Waals surface area contributed by atoms with Crippen molar-refractivity contribution < 1.29 is 14.3 Å². The largest absolute Gasteiger partial charge is 0.497 e. The highest BCUT2D eigenvalue weighted by molar-refractivity contribution is 6.42. The van der Waals surface area contributed by atoms with Gasteiger partial charge >= 0.3 is 0 Å². The first-order valence-corrected chi connectivity index (χ1v) is 12.1. The molecule has 1 atom stereocenters. The number of piperazine rings is 1. The third-order valence-corrected chi connectivity index (χ3v) is 7.35. The Morgan fingerprint density at radius 3 is 2.39 bits per heavy atom. The molecule has 1 unspecified atom stereocenters. The first kappa shape index (κ1) is 23.9. The monoisotopic (exact) mass is 489 g/mol. The normalized spacial score (nSPS) is 18.2. The number of methoxy groups -OCH3 is 1. The number of benzene rings is 2. The summed E-state index contributed by atoms with van der Waals surface area (Å²) in [6.45, 7) is 2.43. The average Bonchev–Trinajstić information content (AvgIpc) is 3.35. The molecule has 176 valence electrons. The van der Waals surface area contributed by atoms with Crippen LogP contribution in [0.2, 0.25) is 10.0 Å². The lowest BCUT2D eigenvalue weighted by atomic mass is 9.94. The van der Waals surface area contributed by atoms with E-state index in [1.54, 1.807) is 25.3 Å². The molecule has 0 radical (unpaired) electrons. The third kappa shape index (κ3) is 5.62. The number of halogens is 2. The summed E-state index contributed by atoms with van der Waals surface area (Å²) < 4.78 is 5.28. The van der Waals surface area contributed by atoms with E-state index in [2.05, 4.69) is 10.2 Å². The molecule has 6 nitrogen and oxygen atoms in total. The number of ether oxygens (including phenoxy) is 1. The lowest BCUT2D eigenvalue weighted by Gasteiger charge is -2.40. The molecule has 33 heavy (non-hydrogen) atoms. The Morgan fingerprint density at radius 1 is 1.00 bits per heavy atom. The van der Waals surface area contributed by atoms with E-state index in [4.69, 9.17) is 27.9 Å². The van der Waals surface area contributed by atoms with Gasteiger partial charge in [-0.3, -0.25) is 14.5 Å². The second-order valence-electron chi connectivity index (χ2n) is 8.67. The molecule has 4 rings (SSSR count). The first-order chi connectivity index (χ1) is 16.0. The number of hydrogen-bond donors (Lipinski definition) is 1. The van der Waals surface area contributed by atoms with Gasteiger partial charge in [0.05, 0.1) is 23.2 Å². The fraction of sp³-hybridized carbons (Fsp3) is 0.440. The van der Waals surface area contributed by atoms with Crippen molar-refractivity contribution >= 4 is 40.7 Å². The van der Waals surface area contributed by atoms with E-state index in [-0.39, 0.29) is 17.9 Å². The van der Waals surface area contributed by atoms with Crippen LogP contribution in [0.25, 0.3) is 0 Å². The van der Waals surface area contributed by atoms with Crippen molar-refractivity contribution in [2.75, 3.05) is 38.6 Å². The van der Waals surface area contributed by atoms with E-state index in [1.807, 2.05) is 29.2 Å². The number of amides is 2. The molecular weight excluding hydrogens is 461 g/mol. The molecule has 0 bridgehead atoms. The Labute approximate surface area is 204 Å². The van der Waals surface area contributed by atoms with Crippen molar-refractivity contribution in [3.8, 4) is 5.75 Å². The van der Waals surface area contributed by atoms with Gasteiger partial charge in [0.1, 0.15) is 5.75 Å². The smallest absolute Gasteiger partial charge is 0.253 e. The molecule has 0 spiro atoms. The Morgan fingerprint density at radius 2 is 1.73 bits per heavy atom. The number of anilines is 1. The van der Waals surface area contributed by atoms with E-state index in [0.717, 1.165) is 31.4 Å². The topological polar surface area (TPSA) is 61.9 Å². The van der Waals surface area contributed by atoms with Crippen LogP contribution in [-0.2, 0) is 4.79 Å². The maximum absolute atomic E-state index is 13.4. The van der Waals surface area contributed by atoms with Crippen molar-refractivity contribution in [1.82, 2.24) is 9.80 Å². The van der Waals surface area contributed by atoms with Crippen LogP contribution in [0.4, 0.5) is 5.69 Å². The van der Waals surface area contributed by atoms with Gasteiger partial charge < -0.3 is 15.0 Å². The van der Waals surface area contributed by atoms with Crippen LogP contribution >= 0.6 is 23.2 Å². The fourth-order valence-corrected chi connectivity index (χ4v) is 5.18. The summed E-state index contributed by atoms with van der Waals surface area (Å²) in [5, 5.41) is 3.90. The molecule has 2 amide bonds. The zero-order chi connectivity index (χ0) is 23.4. The van der Waals surface area contributed by atoms with Gasteiger partial charge in [0.25, 0.3) is 5.91 Å². The summed E-state index contributed by atoms with van der Waals surface area (Å²) in [6.07, 6.45) is 4.42. The van der Waals surface area contributed by atoms with E-state index >= 15 is 0 Å². The van der Waals surface area contributed by atoms with Crippen LogP contribution < -0.4 is 10.1 Å². The molecule has 2 fully saturated rings. The maximum atomic E-state index is 13.4. The lowest BCUT2D eigenvalue weighted by molar-refractivity contribution is -0.123. The number of nitrogens with zero attached hydrogens (tertiary/aromatic N) is 2. The SMILES string of the molecule is COc1cccc(NC(=O)C(C2CCCC2)N2CCN(C(=O)c3ccc(Cl)c(Cl)c3)CC2)c1. The van der Waals surface area contributed by atoms with Gasteiger partial charge in [-0.15, -0.1) is 0 Å². The molecule has 2 aliphatic rings. The Bertz CT molecular complexity index is 1000. The van der Waals surface area contributed by atoms with Crippen molar-refractivity contribution in [3.63, 3.8) is 0 Å². The molecule has 1 saturated carbocycles. The van der Waals surface area contributed by atoms with Crippen molar-refractivity contribution in [2.45, 2.75) is 31.7 Å². The molecule has 1 saturated heterocycles. The summed E-state index contributed by atoms with van der Waals surface area (Å²) in [5.74, 6) is 0.985. The number of carbonyl (C=O) groups excluding carboxylic acids is 2. The number of carbonyl (C=O) groups is 2. The number of nitrogens with one attached hydrogen (secondary N) is 1. The average molecular weight is 490 g/mol. The van der Waals surface area contributed by atoms with Gasteiger partial charge in [-0.05, 0) is 49.1 Å². The van der Waals surface area contributed by atoms with Crippen LogP contribution in [0.15, 0.2) is 42.5 Å². The Kier molecular flexibility index (Phi) is 7.78. The summed E-state index contributed by atoms with van der Waals surface area (Å²) in [5.41, 5.74) is 1.26. The van der Waals surface area contributed by atoms with E-state index in [1.165, 1.54) is 0 Å². The molecule has 2 aromatic rings. The minimum absolute atomic E-state index is 0.0133. The summed E-state index contributed by atoms with van der Waals surface area (Å²) in [7, 11) is 1.61. The minimum atomic E-state index is -0.207. The van der Waals surface area contributed by atoms with Crippen LogP contribution in [0.5, 0.6) is 5.75 Å². The van der Waals surface area contributed by atoms with Gasteiger partial charge in [-0.25, -0.2) is 0 Å². The van der Waals surface area contributed by atoms with Gasteiger partial charge in [-0.1, -0.05) is 42.1 Å². The zero-order valence-corrected chi connectivity index (χ0v) is 20.2. The highest BCUT2D eigenvalue weighted by Crippen LogP contribution is 2.32. The first-order valence-electron chi connectivity index (χ1n) is 11.4. The lowest BCUT2D eigenvalue weighted by Crippen LogP contribution is -2.56. The van der Waals surface area contributed by atoms with Gasteiger partial charge in [0.15, 0.2) is 0 Å². The van der Waals surface area contributed by atoms with E-state index < -0.39 is 0 Å². The number of rotatable bonds is 6. The van der Waals surface area contributed by atoms with E-state index in [9.17, 15) is 9.59 Å². The molecule has 8 heteroatoms. The second kappa shape index (κ2) is 10.8. The predicted octanol–water partition coefficient (Wildman–Crippen LogP) is 4.96. The molecule has 1 N–H and O–H groups in total. The Balaban J connectivity index is 1.43. The van der Waals surface area contributed by atoms with Crippen molar-refractivity contribution in [1.29, 1.82) is 0 Å². The molecule has 1 aliphatic carbocycles. The standard InChI is InChI=1S/C25H29Cl2N3O3/c1-33-20-8-4-7-19(16-20)28-24(31)23(17-5-2-3-6-17)29-11-13-30(14-12-29)25(32)18-9-10-21(26)22(27)15-18/h4,7-10,15-17,23H,2-3,5-6,11-14H2,1H3,(H,28,31). The van der Waals surface area contributed by atoms with E-state index in [0.29, 0.717) is 53.5 Å². The quantitative estimate of drug-likeness (QED) is 0.622. The number of hydrogen-bond acceptors (Lipinski definition) is 4. The highest BCUT2D eigenvalue weighted by Gasteiger charge is 2.37. The Hall–Kier alpha value is -2.28. The zero-order valence-electron chi connectivity index (χ0n) is 18.7. The molecule has 0 aromatic heterocycles. The second-order valence-corrected chi connectivity index (χ2v) is 9.48. The molecule has 1 heterocycles. The maximum Gasteiger partial charge on any atom is 0.253 e. The summed E-state index contributed by atoms with van der Waals surface area (Å²) >= 11 is 12.1. The summed E-state index contributed by atoms with van der Waals surface area (Å²) in [6, 6.07) is 12.2. The highest BCUT2D eigenvalue weighted by atomic mass is 35.5. The van der Waals surface area contributed by atoms with Crippen molar-refractivity contribution in [3.05, 3.63) is 58.1 Å². The van der Waals surface area contributed by atoms with Gasteiger partial charge in [0, 0.05) is 43.5 Å². The third-order valence-electron chi connectivity index (χ3n) is 6.61. The molecule has 2 aromatic carbocycles. The van der Waals surface area contributed by atoms with Crippen LogP contribution in [0.1, 0.15) is 36.0 Å². The van der Waals surface area contributed by atoms with Crippen LogP contribution in [0.3, 0.4) is 0 Å². The fourth-order valence-electron chi connectivity index (χ4n) is 4.88. The predicted molar refractivity (Wildman–Crippen MR) is 131 cm³/mol. The van der Waals surface area contributed by atoms with Crippen LogP contribution in [0, 0.1) is 5.92 Å². The van der Waals surface area contributed by atoms with Crippen molar-refractivity contribution in [2.24, 2.45) is 5.92 Å². The van der Waals surface area contributed by atoms with Crippen LogP contribution in [-0.4, -0.2) is 60.9 Å². The minimum Gasteiger partial charge on any atom is -0.497 e. The molecule has 1 aliphatic heterocycles. The van der Waals surface area contributed by atoms with Gasteiger partial charge in [-0.2, -0.15) is 0 Å². The summed E-state index contributed by atoms with van der Waals surface area (Å²) in [4.78, 5) is 30.4. The molecular formula is C25H29Cl2N3O3. The van der Waals surface area contributed by atoms with Gasteiger partial charge in [0.2, 0.25) is 5.91 Å².